The van der Waals surface area contributed by atoms with Crippen molar-refractivity contribution in [3.63, 3.8) is 0 Å². The summed E-state index contributed by atoms with van der Waals surface area (Å²) < 4.78 is 66.0. The Bertz CT molecular complexity index is 976. The summed E-state index contributed by atoms with van der Waals surface area (Å²) >= 11 is 5.53. The number of benzene rings is 2. The lowest BCUT2D eigenvalue weighted by atomic mass is 10.1. The number of carbonyl (C=O) groups is 1. The van der Waals surface area contributed by atoms with Gasteiger partial charge in [0.15, 0.2) is 0 Å². The van der Waals surface area contributed by atoms with Crippen LogP contribution in [0.15, 0.2) is 41.3 Å². The summed E-state index contributed by atoms with van der Waals surface area (Å²) in [5, 5.41) is 2.03. The lowest BCUT2D eigenvalue weighted by Gasteiger charge is -2.14. The highest BCUT2D eigenvalue weighted by molar-refractivity contribution is 7.92. The third kappa shape index (κ3) is 4.92. The quantitative estimate of drug-likeness (QED) is 0.760. The monoisotopic (exact) mass is 420 g/mol. The minimum Gasteiger partial charge on any atom is -0.352 e. The maximum Gasteiger partial charge on any atom is 0.417 e. The first-order chi connectivity index (χ1) is 12.5. The maximum absolute atomic E-state index is 12.9. The van der Waals surface area contributed by atoms with Gasteiger partial charge in [-0.25, -0.2) is 8.42 Å². The normalized spacial score (nSPS) is 11.9. The summed E-state index contributed by atoms with van der Waals surface area (Å²) in [7, 11) is -4.22. The van der Waals surface area contributed by atoms with Crippen LogP contribution in [0, 0.1) is 6.92 Å². The zero-order chi connectivity index (χ0) is 20.4. The summed E-state index contributed by atoms with van der Waals surface area (Å²) in [6, 6.07) is 6.57. The van der Waals surface area contributed by atoms with Crippen LogP contribution in [0.3, 0.4) is 0 Å². The van der Waals surface area contributed by atoms with Gasteiger partial charge in [0.1, 0.15) is 0 Å². The van der Waals surface area contributed by atoms with Crippen LogP contribution in [-0.2, 0) is 16.2 Å². The van der Waals surface area contributed by atoms with Gasteiger partial charge in [-0.3, -0.25) is 9.52 Å². The van der Waals surface area contributed by atoms with Crippen molar-refractivity contribution in [3.8, 4) is 0 Å². The predicted molar refractivity (Wildman–Crippen MR) is 96.4 cm³/mol. The van der Waals surface area contributed by atoms with Gasteiger partial charge in [-0.2, -0.15) is 13.2 Å². The van der Waals surface area contributed by atoms with Gasteiger partial charge < -0.3 is 5.32 Å². The largest absolute Gasteiger partial charge is 0.417 e. The third-order valence-electron chi connectivity index (χ3n) is 3.63. The van der Waals surface area contributed by atoms with Gasteiger partial charge in [0.05, 0.1) is 15.5 Å². The molecule has 27 heavy (non-hydrogen) atoms. The summed E-state index contributed by atoms with van der Waals surface area (Å²) in [6.07, 6.45) is -4.73. The molecule has 2 aromatic rings. The van der Waals surface area contributed by atoms with Gasteiger partial charge in [-0.15, -0.1) is 0 Å². The van der Waals surface area contributed by atoms with E-state index in [4.69, 9.17) is 11.6 Å². The van der Waals surface area contributed by atoms with Crippen molar-refractivity contribution in [1.29, 1.82) is 0 Å². The number of amides is 1. The molecule has 5 nitrogen and oxygen atoms in total. The molecule has 0 radical (unpaired) electrons. The van der Waals surface area contributed by atoms with Crippen LogP contribution >= 0.6 is 11.6 Å². The van der Waals surface area contributed by atoms with E-state index >= 15 is 0 Å². The first kappa shape index (κ1) is 21.0. The number of nitrogens with one attached hydrogen (secondary N) is 2. The van der Waals surface area contributed by atoms with E-state index in [2.05, 4.69) is 10.0 Å². The Morgan fingerprint density at radius 2 is 1.81 bits per heavy atom. The van der Waals surface area contributed by atoms with Gasteiger partial charge in [0.25, 0.3) is 15.9 Å². The number of sulfonamides is 1. The molecule has 2 rings (SSSR count). The molecule has 0 bridgehead atoms. The summed E-state index contributed by atoms with van der Waals surface area (Å²) in [4.78, 5) is 11.8. The molecule has 0 atom stereocenters. The predicted octanol–water partition coefficient (Wildman–Crippen LogP) is 4.22. The van der Waals surface area contributed by atoms with Crippen molar-refractivity contribution >= 4 is 33.2 Å². The van der Waals surface area contributed by atoms with E-state index in [1.807, 2.05) is 0 Å². The maximum atomic E-state index is 12.9. The van der Waals surface area contributed by atoms with Crippen molar-refractivity contribution in [2.45, 2.75) is 24.9 Å². The first-order valence-corrected chi connectivity index (χ1v) is 9.60. The van der Waals surface area contributed by atoms with Crippen LogP contribution in [-0.4, -0.2) is 20.9 Å². The molecular weight excluding hydrogens is 405 g/mol. The highest BCUT2D eigenvalue weighted by Gasteiger charge is 2.33. The topological polar surface area (TPSA) is 75.3 Å². The van der Waals surface area contributed by atoms with Crippen LogP contribution < -0.4 is 10.0 Å². The molecule has 2 N–H and O–H groups in total. The number of hydrogen-bond acceptors (Lipinski definition) is 3. The number of aryl methyl sites for hydroxylation is 1. The van der Waals surface area contributed by atoms with E-state index in [0.717, 1.165) is 12.1 Å². The van der Waals surface area contributed by atoms with Gasteiger partial charge in [-0.1, -0.05) is 17.7 Å². The number of hydrogen-bond donors (Lipinski definition) is 2. The molecule has 0 unspecified atom stereocenters. The van der Waals surface area contributed by atoms with Gasteiger partial charge in [0, 0.05) is 17.8 Å². The van der Waals surface area contributed by atoms with E-state index in [1.165, 1.54) is 18.2 Å². The zero-order valence-corrected chi connectivity index (χ0v) is 15.9. The molecule has 0 aliphatic rings. The second-order valence-corrected chi connectivity index (χ2v) is 7.72. The van der Waals surface area contributed by atoms with Crippen LogP contribution in [0.2, 0.25) is 5.02 Å². The van der Waals surface area contributed by atoms with E-state index in [-0.39, 0.29) is 16.1 Å². The lowest BCUT2D eigenvalue weighted by molar-refractivity contribution is -0.137. The lowest BCUT2D eigenvalue weighted by Crippen LogP contribution is -2.24. The van der Waals surface area contributed by atoms with E-state index in [0.29, 0.717) is 18.2 Å². The molecule has 0 aliphatic heterocycles. The van der Waals surface area contributed by atoms with Crippen molar-refractivity contribution in [1.82, 2.24) is 5.32 Å². The fourth-order valence-corrected chi connectivity index (χ4v) is 3.59. The Morgan fingerprint density at radius 1 is 1.15 bits per heavy atom. The highest BCUT2D eigenvalue weighted by Crippen LogP contribution is 2.36. The Kier molecular flexibility index (Phi) is 6.06. The number of anilines is 1. The smallest absolute Gasteiger partial charge is 0.352 e. The molecule has 0 spiro atoms. The van der Waals surface area contributed by atoms with Crippen molar-refractivity contribution < 1.29 is 26.4 Å². The molecule has 0 saturated carbocycles. The van der Waals surface area contributed by atoms with E-state index in [9.17, 15) is 26.4 Å². The second-order valence-electron chi connectivity index (χ2n) is 5.63. The molecular formula is C17H16ClF3N2O3S. The Hall–Kier alpha value is -2.26. The number of halogens is 4. The molecule has 0 fully saturated rings. The van der Waals surface area contributed by atoms with Crippen LogP contribution in [0.5, 0.6) is 0 Å². The van der Waals surface area contributed by atoms with Crippen LogP contribution in [0.1, 0.15) is 28.4 Å². The van der Waals surface area contributed by atoms with Gasteiger partial charge in [-0.05, 0) is 49.7 Å². The average molecular weight is 421 g/mol. The number of rotatable bonds is 5. The first-order valence-electron chi connectivity index (χ1n) is 7.74. The minimum absolute atomic E-state index is 0.159. The second kappa shape index (κ2) is 7.77. The Morgan fingerprint density at radius 3 is 2.41 bits per heavy atom. The van der Waals surface area contributed by atoms with Crippen molar-refractivity contribution in [2.75, 3.05) is 11.3 Å². The molecule has 2 aromatic carbocycles. The number of carbonyl (C=O) groups excluding carboxylic acids is 1. The summed E-state index contributed by atoms with van der Waals surface area (Å²) in [6.45, 7) is 3.72. The molecule has 0 aromatic heterocycles. The fourth-order valence-electron chi connectivity index (χ4n) is 2.29. The Balaban J connectivity index is 2.40. The molecule has 0 heterocycles. The third-order valence-corrected chi connectivity index (χ3v) is 5.33. The van der Waals surface area contributed by atoms with Gasteiger partial charge >= 0.3 is 6.18 Å². The highest BCUT2D eigenvalue weighted by atomic mass is 35.5. The van der Waals surface area contributed by atoms with Crippen LogP contribution in [0.25, 0.3) is 0 Å². The van der Waals surface area contributed by atoms with Crippen LogP contribution in [0.4, 0.5) is 18.9 Å². The minimum atomic E-state index is -4.73. The fraction of sp³-hybridized carbons (Fsp3) is 0.235. The Labute approximate surface area is 159 Å². The SMILES string of the molecule is CCNC(=O)c1cc(S(=O)(=O)Nc2ccc(Cl)c(C(F)(F)F)c2)ccc1C. The van der Waals surface area contributed by atoms with Crippen molar-refractivity contribution in [3.05, 3.63) is 58.1 Å². The summed E-state index contributed by atoms with van der Waals surface area (Å²) in [5.41, 5.74) is -0.735. The number of alkyl halides is 3. The molecule has 1 amide bonds. The van der Waals surface area contributed by atoms with E-state index in [1.54, 1.807) is 13.8 Å². The van der Waals surface area contributed by atoms with E-state index < -0.39 is 32.7 Å². The molecule has 10 heteroatoms. The summed E-state index contributed by atoms with van der Waals surface area (Å²) in [5.74, 6) is -0.446. The molecule has 0 saturated heterocycles. The van der Waals surface area contributed by atoms with Crippen molar-refractivity contribution in [2.24, 2.45) is 0 Å². The standard InChI is InChI=1S/C17H16ClF3N2O3S/c1-3-22-16(24)13-9-12(6-4-10(13)2)27(25,26)23-11-5-7-15(18)14(8-11)17(19,20)21/h4-9,23H,3H2,1-2H3,(H,22,24). The van der Waals surface area contributed by atoms with Gasteiger partial charge in [0.2, 0.25) is 0 Å². The molecule has 146 valence electrons. The average Bonchev–Trinajstić information content (AvgIpc) is 2.55. The zero-order valence-electron chi connectivity index (χ0n) is 14.3. The molecule has 0 aliphatic carbocycles.